The first-order valence-electron chi connectivity index (χ1n) is 5.69. The highest BCUT2D eigenvalue weighted by atomic mass is 127. The Morgan fingerprint density at radius 1 is 1.19 bits per heavy atom. The van der Waals surface area contributed by atoms with Gasteiger partial charge in [-0.05, 0) is 40.8 Å². The SMILES string of the molecule is Cn1cc(S(=O)(=O)Oc2cccc(I)c2)c(=O)n(C)c1=O. The third-order valence-corrected chi connectivity index (χ3v) is 4.59. The van der Waals surface area contributed by atoms with Gasteiger partial charge in [0.1, 0.15) is 5.75 Å². The van der Waals surface area contributed by atoms with Gasteiger partial charge in [-0.25, -0.2) is 4.79 Å². The lowest BCUT2D eigenvalue weighted by Crippen LogP contribution is -2.39. The van der Waals surface area contributed by atoms with Crippen LogP contribution in [0.1, 0.15) is 0 Å². The van der Waals surface area contributed by atoms with Crippen molar-refractivity contribution in [3.8, 4) is 5.75 Å². The van der Waals surface area contributed by atoms with Crippen LogP contribution in [0.4, 0.5) is 0 Å². The lowest BCUT2D eigenvalue weighted by Gasteiger charge is -2.09. The second kappa shape index (κ2) is 5.64. The molecule has 0 saturated carbocycles. The fourth-order valence-electron chi connectivity index (χ4n) is 1.64. The molecule has 0 aliphatic carbocycles. The lowest BCUT2D eigenvalue weighted by molar-refractivity contribution is 0.480. The number of halogens is 1. The van der Waals surface area contributed by atoms with E-state index in [9.17, 15) is 18.0 Å². The van der Waals surface area contributed by atoms with Gasteiger partial charge in [0.2, 0.25) is 0 Å². The molecule has 0 saturated heterocycles. The van der Waals surface area contributed by atoms with Gasteiger partial charge in [0, 0.05) is 23.9 Å². The molecule has 0 amide bonds. The van der Waals surface area contributed by atoms with Crippen LogP contribution in [0.25, 0.3) is 0 Å². The van der Waals surface area contributed by atoms with Crippen molar-refractivity contribution < 1.29 is 12.6 Å². The Morgan fingerprint density at radius 3 is 2.48 bits per heavy atom. The van der Waals surface area contributed by atoms with E-state index in [0.29, 0.717) is 4.57 Å². The van der Waals surface area contributed by atoms with Crippen LogP contribution < -0.4 is 15.4 Å². The molecular formula is C12H11IN2O5S. The van der Waals surface area contributed by atoms with Crippen LogP contribution in [0.5, 0.6) is 5.75 Å². The molecule has 0 spiro atoms. The van der Waals surface area contributed by atoms with Crippen LogP contribution in [0.15, 0.2) is 44.9 Å². The molecule has 2 rings (SSSR count). The molecule has 1 aromatic heterocycles. The van der Waals surface area contributed by atoms with E-state index in [0.717, 1.165) is 14.3 Å². The number of benzene rings is 1. The standard InChI is InChI=1S/C12H11IN2O5S/c1-14-7-10(11(16)15(2)12(14)17)21(18,19)20-9-5-3-4-8(13)6-9/h3-7H,1-2H3. The fraction of sp³-hybridized carbons (Fsp3) is 0.167. The minimum Gasteiger partial charge on any atom is -0.379 e. The minimum absolute atomic E-state index is 0.0952. The molecule has 21 heavy (non-hydrogen) atoms. The molecule has 0 bridgehead atoms. The molecule has 112 valence electrons. The first-order chi connectivity index (χ1) is 9.72. The summed E-state index contributed by atoms with van der Waals surface area (Å²) in [6, 6.07) is 6.38. The average Bonchev–Trinajstić information content (AvgIpc) is 2.40. The van der Waals surface area contributed by atoms with Gasteiger partial charge in [-0.2, -0.15) is 8.42 Å². The molecule has 0 fully saturated rings. The maximum atomic E-state index is 12.2. The molecule has 0 radical (unpaired) electrons. The molecule has 1 heterocycles. The smallest absolute Gasteiger partial charge is 0.346 e. The Labute approximate surface area is 134 Å². The zero-order chi connectivity index (χ0) is 15.8. The van der Waals surface area contributed by atoms with Crippen LogP contribution in [0, 0.1) is 3.57 Å². The molecule has 1 aromatic carbocycles. The Bertz CT molecular complexity index is 914. The van der Waals surface area contributed by atoms with E-state index >= 15 is 0 Å². The number of aromatic nitrogens is 2. The maximum Gasteiger partial charge on any atom is 0.346 e. The third kappa shape index (κ3) is 3.18. The van der Waals surface area contributed by atoms with Crippen LogP contribution in [-0.4, -0.2) is 17.6 Å². The summed E-state index contributed by atoms with van der Waals surface area (Å²) >= 11 is 2.01. The number of rotatable bonds is 3. The highest BCUT2D eigenvalue weighted by Crippen LogP contribution is 2.18. The Balaban J connectivity index is 2.56. The summed E-state index contributed by atoms with van der Waals surface area (Å²) in [6.45, 7) is 0. The van der Waals surface area contributed by atoms with E-state index in [-0.39, 0.29) is 5.75 Å². The van der Waals surface area contributed by atoms with E-state index in [2.05, 4.69) is 0 Å². The summed E-state index contributed by atoms with van der Waals surface area (Å²) < 4.78 is 31.8. The van der Waals surface area contributed by atoms with Gasteiger partial charge in [0.15, 0.2) is 4.90 Å². The monoisotopic (exact) mass is 422 g/mol. The second-order valence-electron chi connectivity index (χ2n) is 4.25. The first-order valence-corrected chi connectivity index (χ1v) is 8.18. The van der Waals surface area contributed by atoms with Gasteiger partial charge in [-0.1, -0.05) is 6.07 Å². The molecule has 0 aliphatic rings. The quantitative estimate of drug-likeness (QED) is 0.530. The average molecular weight is 422 g/mol. The van der Waals surface area contributed by atoms with Crippen LogP contribution in [-0.2, 0) is 24.2 Å². The molecular weight excluding hydrogens is 411 g/mol. The summed E-state index contributed by atoms with van der Waals surface area (Å²) in [7, 11) is -1.76. The van der Waals surface area contributed by atoms with Gasteiger partial charge in [0.25, 0.3) is 5.56 Å². The molecule has 0 N–H and O–H groups in total. The van der Waals surface area contributed by atoms with Crippen molar-refractivity contribution in [1.29, 1.82) is 0 Å². The fourth-order valence-corrected chi connectivity index (χ4v) is 3.24. The zero-order valence-corrected chi connectivity index (χ0v) is 14.1. The number of hydrogen-bond acceptors (Lipinski definition) is 5. The highest BCUT2D eigenvalue weighted by molar-refractivity contribution is 14.1. The van der Waals surface area contributed by atoms with Crippen LogP contribution >= 0.6 is 22.6 Å². The third-order valence-electron chi connectivity index (χ3n) is 2.69. The van der Waals surface area contributed by atoms with E-state index in [1.54, 1.807) is 12.1 Å². The zero-order valence-electron chi connectivity index (χ0n) is 11.1. The summed E-state index contributed by atoms with van der Waals surface area (Å²) in [5, 5.41) is 0. The molecule has 0 atom stereocenters. The Morgan fingerprint density at radius 2 is 1.86 bits per heavy atom. The largest absolute Gasteiger partial charge is 0.379 e. The summed E-state index contributed by atoms with van der Waals surface area (Å²) in [5.74, 6) is 0.0952. The van der Waals surface area contributed by atoms with Gasteiger partial charge in [-0.3, -0.25) is 9.36 Å². The Kier molecular flexibility index (Phi) is 4.23. The summed E-state index contributed by atoms with van der Waals surface area (Å²) in [6.07, 6.45) is 0.952. The molecule has 9 heteroatoms. The minimum atomic E-state index is -4.32. The van der Waals surface area contributed by atoms with Crippen molar-refractivity contribution in [2.24, 2.45) is 14.1 Å². The van der Waals surface area contributed by atoms with Crippen LogP contribution in [0.3, 0.4) is 0 Å². The normalized spacial score (nSPS) is 11.4. The maximum absolute atomic E-state index is 12.2. The van der Waals surface area contributed by atoms with Crippen molar-refractivity contribution >= 4 is 32.7 Å². The summed E-state index contributed by atoms with van der Waals surface area (Å²) in [4.78, 5) is 22.9. The predicted molar refractivity (Wildman–Crippen MR) is 83.9 cm³/mol. The lowest BCUT2D eigenvalue weighted by atomic mass is 10.3. The van der Waals surface area contributed by atoms with E-state index < -0.39 is 26.3 Å². The van der Waals surface area contributed by atoms with E-state index in [1.807, 2.05) is 22.6 Å². The number of nitrogens with zero attached hydrogens (tertiary/aromatic N) is 2. The molecule has 2 aromatic rings. The molecule has 7 nitrogen and oxygen atoms in total. The summed E-state index contributed by atoms with van der Waals surface area (Å²) in [5.41, 5.74) is -1.54. The van der Waals surface area contributed by atoms with Crippen molar-refractivity contribution in [2.45, 2.75) is 4.90 Å². The number of aryl methyl sites for hydroxylation is 1. The van der Waals surface area contributed by atoms with Gasteiger partial charge in [-0.15, -0.1) is 0 Å². The Hall–Kier alpha value is -1.62. The molecule has 0 aliphatic heterocycles. The first kappa shape index (κ1) is 15.8. The van der Waals surface area contributed by atoms with E-state index in [4.69, 9.17) is 4.18 Å². The van der Waals surface area contributed by atoms with Crippen molar-refractivity contribution in [3.05, 3.63) is 54.9 Å². The van der Waals surface area contributed by atoms with Gasteiger partial charge < -0.3 is 8.75 Å². The predicted octanol–water partition coefficient (Wildman–Crippen LogP) is 0.456. The number of hydrogen-bond donors (Lipinski definition) is 0. The van der Waals surface area contributed by atoms with Crippen molar-refractivity contribution in [2.75, 3.05) is 0 Å². The molecule has 0 unspecified atom stereocenters. The second-order valence-corrected chi connectivity index (χ2v) is 7.01. The van der Waals surface area contributed by atoms with Crippen molar-refractivity contribution in [3.63, 3.8) is 0 Å². The highest BCUT2D eigenvalue weighted by Gasteiger charge is 2.23. The van der Waals surface area contributed by atoms with Gasteiger partial charge >= 0.3 is 15.8 Å². The van der Waals surface area contributed by atoms with E-state index in [1.165, 1.54) is 26.2 Å². The van der Waals surface area contributed by atoms with Crippen LogP contribution in [0.2, 0.25) is 0 Å². The van der Waals surface area contributed by atoms with Crippen molar-refractivity contribution in [1.82, 2.24) is 9.13 Å². The topological polar surface area (TPSA) is 87.4 Å². The van der Waals surface area contributed by atoms with Gasteiger partial charge in [0.05, 0.1) is 0 Å².